The molecule has 0 heterocycles. The van der Waals surface area contributed by atoms with E-state index in [2.05, 4.69) is 94.4 Å². The molecule has 0 bridgehead atoms. The van der Waals surface area contributed by atoms with E-state index in [1.165, 1.54) is 30.4 Å². The summed E-state index contributed by atoms with van der Waals surface area (Å²) in [6.07, 6.45) is 10.6. The molecule has 0 aliphatic heterocycles. The van der Waals surface area contributed by atoms with Crippen molar-refractivity contribution in [3.8, 4) is 0 Å². The minimum atomic E-state index is 0.113. The van der Waals surface area contributed by atoms with Crippen molar-refractivity contribution in [3.63, 3.8) is 0 Å². The van der Waals surface area contributed by atoms with Gasteiger partial charge < -0.3 is 4.74 Å². The maximum absolute atomic E-state index is 6.49. The lowest BCUT2D eigenvalue weighted by atomic mass is 9.64. The summed E-state index contributed by atoms with van der Waals surface area (Å²) in [6.45, 7) is 9.42. The van der Waals surface area contributed by atoms with Crippen molar-refractivity contribution in [2.45, 2.75) is 77.2 Å². The Morgan fingerprint density at radius 3 is 2.31 bits per heavy atom. The van der Waals surface area contributed by atoms with Gasteiger partial charge in [0.05, 0.1) is 6.26 Å². The van der Waals surface area contributed by atoms with Gasteiger partial charge in [-0.15, -0.1) is 0 Å². The first-order valence-electron chi connectivity index (χ1n) is 11.4. The van der Waals surface area contributed by atoms with Crippen LogP contribution in [0.4, 0.5) is 0 Å². The standard InChI is InChI=1S/C28H38O/c1-5-12-23(24-13-8-6-9-14-24)19-20-29-27-21-22(2)17-18-26(27)28(3,4)25-15-10-7-11-16-25/h6-11,13-16,19-20,22-23,26-27H,5,12,17-18,21H2,1-4H3/b20-19-/t22-,23+,26-,27-/m1/s1. The van der Waals surface area contributed by atoms with E-state index in [-0.39, 0.29) is 11.5 Å². The van der Waals surface area contributed by atoms with Gasteiger partial charge in [0.25, 0.3) is 0 Å². The Morgan fingerprint density at radius 1 is 1.00 bits per heavy atom. The van der Waals surface area contributed by atoms with Gasteiger partial charge in [0.2, 0.25) is 0 Å². The third-order valence-electron chi connectivity index (χ3n) is 6.89. The molecule has 29 heavy (non-hydrogen) atoms. The fourth-order valence-electron chi connectivity index (χ4n) is 5.01. The minimum absolute atomic E-state index is 0.113. The molecule has 1 heteroatoms. The topological polar surface area (TPSA) is 9.23 Å². The fourth-order valence-corrected chi connectivity index (χ4v) is 5.01. The van der Waals surface area contributed by atoms with Gasteiger partial charge >= 0.3 is 0 Å². The van der Waals surface area contributed by atoms with Crippen LogP contribution in [0.25, 0.3) is 0 Å². The van der Waals surface area contributed by atoms with Crippen LogP contribution < -0.4 is 0 Å². The molecule has 2 aromatic rings. The molecule has 1 aliphatic carbocycles. The lowest BCUT2D eigenvalue weighted by Gasteiger charge is -2.44. The van der Waals surface area contributed by atoms with E-state index in [1.54, 1.807) is 0 Å². The Labute approximate surface area is 178 Å². The molecule has 0 spiro atoms. The average molecular weight is 391 g/mol. The first-order valence-corrected chi connectivity index (χ1v) is 11.4. The summed E-state index contributed by atoms with van der Waals surface area (Å²) < 4.78 is 6.49. The van der Waals surface area contributed by atoms with Crippen LogP contribution in [-0.2, 0) is 10.2 Å². The summed E-state index contributed by atoms with van der Waals surface area (Å²) in [5, 5.41) is 0. The van der Waals surface area contributed by atoms with Crippen molar-refractivity contribution in [2.75, 3.05) is 0 Å². The second-order valence-corrected chi connectivity index (χ2v) is 9.42. The highest BCUT2D eigenvalue weighted by Crippen LogP contribution is 2.43. The zero-order valence-corrected chi connectivity index (χ0v) is 18.7. The second kappa shape index (κ2) is 10.1. The van der Waals surface area contributed by atoms with E-state index in [0.29, 0.717) is 11.8 Å². The van der Waals surface area contributed by atoms with Crippen molar-refractivity contribution in [1.82, 2.24) is 0 Å². The summed E-state index contributed by atoms with van der Waals surface area (Å²) >= 11 is 0. The molecule has 1 fully saturated rings. The number of hydrogen-bond donors (Lipinski definition) is 0. The summed E-state index contributed by atoms with van der Waals surface area (Å²) in [7, 11) is 0. The van der Waals surface area contributed by atoms with Gasteiger partial charge in [0, 0.05) is 11.8 Å². The predicted molar refractivity (Wildman–Crippen MR) is 124 cm³/mol. The van der Waals surface area contributed by atoms with E-state index < -0.39 is 0 Å². The Hall–Kier alpha value is -2.02. The quantitative estimate of drug-likeness (QED) is 0.416. The molecule has 3 rings (SSSR count). The third-order valence-corrected chi connectivity index (χ3v) is 6.89. The van der Waals surface area contributed by atoms with Crippen LogP contribution in [0.15, 0.2) is 73.0 Å². The molecule has 1 nitrogen and oxygen atoms in total. The van der Waals surface area contributed by atoms with E-state index in [9.17, 15) is 0 Å². The molecule has 4 atom stereocenters. The highest BCUT2D eigenvalue weighted by atomic mass is 16.5. The average Bonchev–Trinajstić information content (AvgIpc) is 2.74. The zero-order chi connectivity index (χ0) is 20.7. The van der Waals surface area contributed by atoms with Crippen LogP contribution in [0, 0.1) is 11.8 Å². The Balaban J connectivity index is 1.74. The largest absolute Gasteiger partial charge is 0.498 e. The van der Waals surface area contributed by atoms with Gasteiger partial charge in [-0.2, -0.15) is 0 Å². The predicted octanol–water partition coefficient (Wildman–Crippen LogP) is 7.88. The number of rotatable bonds is 8. The number of ether oxygens (including phenoxy) is 1. The molecular weight excluding hydrogens is 352 g/mol. The van der Waals surface area contributed by atoms with Crippen molar-refractivity contribution in [1.29, 1.82) is 0 Å². The van der Waals surface area contributed by atoms with E-state index >= 15 is 0 Å². The highest BCUT2D eigenvalue weighted by Gasteiger charge is 2.40. The lowest BCUT2D eigenvalue weighted by Crippen LogP contribution is -2.42. The first kappa shape index (κ1) is 21.7. The van der Waals surface area contributed by atoms with Gasteiger partial charge in [0.1, 0.15) is 6.10 Å². The molecule has 0 unspecified atom stereocenters. The van der Waals surface area contributed by atoms with Gasteiger partial charge in [0.15, 0.2) is 0 Å². The SMILES string of the molecule is CCC[C@@H](/C=C\O[C@@H]1C[C@H](C)CC[C@H]1C(C)(C)c1ccccc1)c1ccccc1. The summed E-state index contributed by atoms with van der Waals surface area (Å²) in [6, 6.07) is 21.8. The van der Waals surface area contributed by atoms with Gasteiger partial charge in [-0.3, -0.25) is 0 Å². The van der Waals surface area contributed by atoms with E-state index in [1.807, 2.05) is 6.26 Å². The van der Waals surface area contributed by atoms with Crippen molar-refractivity contribution < 1.29 is 4.74 Å². The van der Waals surface area contributed by atoms with Crippen molar-refractivity contribution in [3.05, 3.63) is 84.1 Å². The van der Waals surface area contributed by atoms with Crippen LogP contribution in [0.1, 0.15) is 76.8 Å². The molecule has 0 amide bonds. The molecule has 0 saturated heterocycles. The molecule has 0 aromatic heterocycles. The van der Waals surface area contributed by atoms with E-state index in [0.717, 1.165) is 18.8 Å². The maximum Gasteiger partial charge on any atom is 0.102 e. The van der Waals surface area contributed by atoms with Crippen LogP contribution in [0.3, 0.4) is 0 Å². The molecule has 0 radical (unpaired) electrons. The molecular formula is C28H38O. The first-order chi connectivity index (χ1) is 14.0. The number of benzene rings is 2. The van der Waals surface area contributed by atoms with Gasteiger partial charge in [-0.1, -0.05) is 101 Å². The maximum atomic E-state index is 6.49. The molecule has 156 valence electrons. The van der Waals surface area contributed by atoms with Crippen LogP contribution in [0.2, 0.25) is 0 Å². The summed E-state index contributed by atoms with van der Waals surface area (Å²) in [5.74, 6) is 1.70. The number of hydrogen-bond acceptors (Lipinski definition) is 1. The van der Waals surface area contributed by atoms with Crippen LogP contribution in [0.5, 0.6) is 0 Å². The summed E-state index contributed by atoms with van der Waals surface area (Å²) in [4.78, 5) is 0. The Kier molecular flexibility index (Phi) is 7.58. The molecule has 2 aromatic carbocycles. The molecule has 1 saturated carbocycles. The van der Waals surface area contributed by atoms with Crippen LogP contribution in [-0.4, -0.2) is 6.10 Å². The normalized spacial score (nSPS) is 23.8. The third kappa shape index (κ3) is 5.53. The Bertz CT molecular complexity index is 746. The highest BCUT2D eigenvalue weighted by molar-refractivity contribution is 5.26. The monoisotopic (exact) mass is 390 g/mol. The van der Waals surface area contributed by atoms with Crippen LogP contribution >= 0.6 is 0 Å². The Morgan fingerprint density at radius 2 is 1.66 bits per heavy atom. The van der Waals surface area contributed by atoms with Gasteiger partial charge in [-0.25, -0.2) is 0 Å². The van der Waals surface area contributed by atoms with Crippen molar-refractivity contribution in [2.24, 2.45) is 11.8 Å². The fraction of sp³-hybridized carbons (Fsp3) is 0.500. The molecule has 1 aliphatic rings. The minimum Gasteiger partial charge on any atom is -0.498 e. The van der Waals surface area contributed by atoms with E-state index in [4.69, 9.17) is 4.74 Å². The smallest absolute Gasteiger partial charge is 0.102 e. The second-order valence-electron chi connectivity index (χ2n) is 9.42. The van der Waals surface area contributed by atoms with Crippen molar-refractivity contribution >= 4 is 0 Å². The zero-order valence-electron chi connectivity index (χ0n) is 18.7. The van der Waals surface area contributed by atoms with Gasteiger partial charge in [-0.05, 0) is 47.8 Å². The summed E-state index contributed by atoms with van der Waals surface area (Å²) in [5.41, 5.74) is 2.92. The number of allylic oxidation sites excluding steroid dienone is 1. The lowest BCUT2D eigenvalue weighted by molar-refractivity contribution is 0.00217. The molecule has 0 N–H and O–H groups in total.